The highest BCUT2D eigenvalue weighted by Crippen LogP contribution is 2.40. The maximum atomic E-state index is 13.2. The van der Waals surface area contributed by atoms with Gasteiger partial charge in [-0.05, 0) is 43.2 Å². The Morgan fingerprint density at radius 2 is 1.46 bits per heavy atom. The van der Waals surface area contributed by atoms with Crippen LogP contribution in [0, 0.1) is 5.92 Å². The number of aromatic hydroxyl groups is 1. The fraction of sp³-hybridized carbons (Fsp3) is 0.682. The summed E-state index contributed by atoms with van der Waals surface area (Å²) in [6, 6.07) is 3.68. The lowest BCUT2D eigenvalue weighted by molar-refractivity contribution is 0.0211. The minimum Gasteiger partial charge on any atom is -0.507 e. The topological polar surface area (TPSA) is 60.8 Å². The van der Waals surface area contributed by atoms with Crippen molar-refractivity contribution in [3.63, 3.8) is 0 Å². The van der Waals surface area contributed by atoms with E-state index in [0.29, 0.717) is 18.7 Å². The minimum atomic E-state index is -0.781. The van der Waals surface area contributed by atoms with Crippen molar-refractivity contribution in [1.29, 1.82) is 0 Å². The maximum absolute atomic E-state index is 13.2. The number of phenols is 1. The molecule has 0 bridgehead atoms. The molecule has 1 fully saturated rings. The van der Waals surface area contributed by atoms with E-state index in [-0.39, 0.29) is 28.4 Å². The Labute approximate surface area is 158 Å². The van der Waals surface area contributed by atoms with Gasteiger partial charge in [0.25, 0.3) is 5.91 Å². The number of amides is 1. The molecule has 26 heavy (non-hydrogen) atoms. The largest absolute Gasteiger partial charge is 0.507 e. The highest BCUT2D eigenvalue weighted by atomic mass is 16.3. The van der Waals surface area contributed by atoms with E-state index < -0.39 is 5.60 Å². The molecular weight excluding hydrogens is 326 g/mol. The molecule has 4 nitrogen and oxygen atoms in total. The van der Waals surface area contributed by atoms with E-state index in [0.717, 1.165) is 17.5 Å². The molecule has 1 aromatic carbocycles. The molecule has 0 radical (unpaired) electrons. The van der Waals surface area contributed by atoms with E-state index in [4.69, 9.17) is 0 Å². The summed E-state index contributed by atoms with van der Waals surface area (Å²) in [5.41, 5.74) is 0.908. The van der Waals surface area contributed by atoms with Crippen LogP contribution in [0.15, 0.2) is 12.1 Å². The van der Waals surface area contributed by atoms with Gasteiger partial charge in [-0.3, -0.25) is 4.79 Å². The van der Waals surface area contributed by atoms with Crippen LogP contribution in [-0.4, -0.2) is 39.7 Å². The lowest BCUT2D eigenvalue weighted by atomic mass is 9.78. The summed E-state index contributed by atoms with van der Waals surface area (Å²) in [7, 11) is 0. The molecule has 2 rings (SSSR count). The number of rotatable bonds is 2. The Morgan fingerprint density at radius 1 is 1.00 bits per heavy atom. The van der Waals surface area contributed by atoms with Crippen molar-refractivity contribution in [3.05, 3.63) is 28.8 Å². The quantitative estimate of drug-likeness (QED) is 0.829. The van der Waals surface area contributed by atoms with Gasteiger partial charge in [0, 0.05) is 35.7 Å². The van der Waals surface area contributed by atoms with Gasteiger partial charge in [0.1, 0.15) is 5.75 Å². The summed E-state index contributed by atoms with van der Waals surface area (Å²) in [5, 5.41) is 21.1. The Bertz CT molecular complexity index is 652. The van der Waals surface area contributed by atoms with Gasteiger partial charge in [-0.25, -0.2) is 0 Å². The summed E-state index contributed by atoms with van der Waals surface area (Å²) in [6.07, 6.45) is 0.811. The highest BCUT2D eigenvalue weighted by molar-refractivity contribution is 5.95. The van der Waals surface area contributed by atoms with Crippen molar-refractivity contribution < 1.29 is 15.0 Å². The predicted molar refractivity (Wildman–Crippen MR) is 106 cm³/mol. The molecule has 0 saturated carbocycles. The van der Waals surface area contributed by atoms with Gasteiger partial charge in [0.15, 0.2) is 0 Å². The number of carbonyl (C=O) groups excluding carboxylic acids is 1. The zero-order chi connectivity index (χ0) is 20.1. The van der Waals surface area contributed by atoms with Gasteiger partial charge < -0.3 is 15.1 Å². The molecule has 0 spiro atoms. The standard InChI is InChI=1S/C22H35NO3/c1-20(2,3)16-11-14(12-17(18(16)24)21(4,5)6)19(25)23-10-9-15(13-23)22(7,8)26/h11-12,15,24,26H,9-10,13H2,1-8H3. The lowest BCUT2D eigenvalue weighted by Crippen LogP contribution is -2.35. The van der Waals surface area contributed by atoms with Crippen molar-refractivity contribution in [3.8, 4) is 5.75 Å². The molecule has 1 heterocycles. The average molecular weight is 362 g/mol. The van der Waals surface area contributed by atoms with Crippen molar-refractivity contribution >= 4 is 5.91 Å². The van der Waals surface area contributed by atoms with E-state index in [1.165, 1.54) is 0 Å². The molecule has 4 heteroatoms. The van der Waals surface area contributed by atoms with E-state index in [1.54, 1.807) is 0 Å². The number of nitrogens with zero attached hydrogens (tertiary/aromatic N) is 1. The Morgan fingerprint density at radius 3 is 1.81 bits per heavy atom. The van der Waals surface area contributed by atoms with Crippen LogP contribution < -0.4 is 0 Å². The molecule has 146 valence electrons. The van der Waals surface area contributed by atoms with Crippen molar-refractivity contribution in [2.24, 2.45) is 5.92 Å². The number of carbonyl (C=O) groups is 1. The second-order valence-corrected chi connectivity index (χ2v) is 10.3. The van der Waals surface area contributed by atoms with Gasteiger partial charge >= 0.3 is 0 Å². The van der Waals surface area contributed by atoms with E-state index >= 15 is 0 Å². The lowest BCUT2D eigenvalue weighted by Gasteiger charge is -2.29. The molecule has 2 N–H and O–H groups in total. The molecule has 1 atom stereocenters. The van der Waals surface area contributed by atoms with Crippen molar-refractivity contribution in [1.82, 2.24) is 4.90 Å². The molecule has 0 aliphatic carbocycles. The number of hydrogen-bond acceptors (Lipinski definition) is 3. The average Bonchev–Trinajstić information content (AvgIpc) is 2.94. The zero-order valence-electron chi connectivity index (χ0n) is 17.6. The van der Waals surface area contributed by atoms with Crippen LogP contribution in [0.3, 0.4) is 0 Å². The zero-order valence-corrected chi connectivity index (χ0v) is 17.6. The maximum Gasteiger partial charge on any atom is 0.253 e. The summed E-state index contributed by atoms with van der Waals surface area (Å²) >= 11 is 0. The van der Waals surface area contributed by atoms with Crippen molar-refractivity contribution in [2.75, 3.05) is 13.1 Å². The van der Waals surface area contributed by atoms with Crippen molar-refractivity contribution in [2.45, 2.75) is 78.2 Å². The fourth-order valence-electron chi connectivity index (χ4n) is 3.61. The Balaban J connectivity index is 2.45. The number of aliphatic hydroxyl groups is 1. The van der Waals surface area contributed by atoms with Crippen LogP contribution in [0.25, 0.3) is 0 Å². The summed E-state index contributed by atoms with van der Waals surface area (Å²) < 4.78 is 0. The van der Waals surface area contributed by atoms with E-state index in [9.17, 15) is 15.0 Å². The van der Waals surface area contributed by atoms with Crippen LogP contribution in [0.5, 0.6) is 5.75 Å². The monoisotopic (exact) mass is 361 g/mol. The molecular formula is C22H35NO3. The number of likely N-dealkylation sites (tertiary alicyclic amines) is 1. The first kappa shape index (κ1) is 20.8. The first-order valence-electron chi connectivity index (χ1n) is 9.52. The summed E-state index contributed by atoms with van der Waals surface area (Å²) in [6.45, 7) is 17.1. The highest BCUT2D eigenvalue weighted by Gasteiger charge is 2.36. The Kier molecular flexibility index (Phi) is 5.24. The van der Waals surface area contributed by atoms with Crippen LogP contribution in [0.4, 0.5) is 0 Å². The van der Waals surface area contributed by atoms with Crippen LogP contribution in [-0.2, 0) is 10.8 Å². The van der Waals surface area contributed by atoms with E-state index in [1.807, 2.05) is 72.4 Å². The third kappa shape index (κ3) is 4.22. The molecule has 0 aromatic heterocycles. The van der Waals surface area contributed by atoms with Crippen LogP contribution in [0.2, 0.25) is 0 Å². The minimum absolute atomic E-state index is 0.0206. The normalized spacial score (nSPS) is 19.1. The van der Waals surface area contributed by atoms with Gasteiger partial charge in [0.05, 0.1) is 5.60 Å². The predicted octanol–water partition coefficient (Wildman–Crippen LogP) is 4.22. The number of phenolic OH excluding ortho intramolecular Hbond substituents is 1. The molecule has 1 aromatic rings. The first-order chi connectivity index (χ1) is 11.6. The third-order valence-electron chi connectivity index (χ3n) is 5.45. The van der Waals surface area contributed by atoms with Gasteiger partial charge in [-0.2, -0.15) is 0 Å². The number of hydrogen-bond donors (Lipinski definition) is 2. The number of benzene rings is 1. The summed E-state index contributed by atoms with van der Waals surface area (Å²) in [5.74, 6) is 0.359. The smallest absolute Gasteiger partial charge is 0.253 e. The Hall–Kier alpha value is -1.55. The second-order valence-electron chi connectivity index (χ2n) is 10.3. The first-order valence-corrected chi connectivity index (χ1v) is 9.52. The summed E-state index contributed by atoms with van der Waals surface area (Å²) in [4.78, 5) is 15.0. The molecule has 1 saturated heterocycles. The van der Waals surface area contributed by atoms with Gasteiger partial charge in [-0.15, -0.1) is 0 Å². The van der Waals surface area contributed by atoms with Gasteiger partial charge in [-0.1, -0.05) is 41.5 Å². The van der Waals surface area contributed by atoms with Gasteiger partial charge in [0.2, 0.25) is 0 Å². The molecule has 1 aliphatic rings. The van der Waals surface area contributed by atoms with Crippen LogP contribution >= 0.6 is 0 Å². The molecule has 1 unspecified atom stereocenters. The molecule has 1 aliphatic heterocycles. The second kappa shape index (κ2) is 6.56. The SMILES string of the molecule is CC(C)(C)c1cc(C(=O)N2CCC(C(C)(C)O)C2)cc(C(C)(C)C)c1O. The fourth-order valence-corrected chi connectivity index (χ4v) is 3.61. The van der Waals surface area contributed by atoms with E-state index in [2.05, 4.69) is 0 Å². The third-order valence-corrected chi connectivity index (χ3v) is 5.45. The molecule has 1 amide bonds. The van der Waals surface area contributed by atoms with Crippen LogP contribution in [0.1, 0.15) is 83.3 Å².